The lowest BCUT2D eigenvalue weighted by Crippen LogP contribution is -2.37. The average Bonchev–Trinajstić information content (AvgIpc) is 3.10. The molecule has 0 bridgehead atoms. The Morgan fingerprint density at radius 2 is 1.69 bits per heavy atom. The number of carboxylic acid groups (broad SMARTS) is 1. The van der Waals surface area contributed by atoms with Crippen molar-refractivity contribution in [3.05, 3.63) is 69.7 Å². The predicted molar refractivity (Wildman–Crippen MR) is 127 cm³/mol. The molecule has 0 spiro atoms. The van der Waals surface area contributed by atoms with Crippen molar-refractivity contribution < 1.29 is 24.2 Å². The van der Waals surface area contributed by atoms with Gasteiger partial charge in [-0.25, -0.2) is 4.79 Å². The number of rotatable bonds is 6. The van der Waals surface area contributed by atoms with Crippen LogP contribution in [0, 0.1) is 0 Å². The lowest BCUT2D eigenvalue weighted by Gasteiger charge is -2.27. The second-order valence-electron chi connectivity index (χ2n) is 7.18. The third-order valence-corrected chi connectivity index (χ3v) is 6.19. The zero-order valence-electron chi connectivity index (χ0n) is 17.4. The van der Waals surface area contributed by atoms with Gasteiger partial charge in [0.1, 0.15) is 0 Å². The number of ketones is 1. The molecule has 3 aromatic rings. The van der Waals surface area contributed by atoms with Crippen LogP contribution in [0.25, 0.3) is 10.4 Å². The lowest BCUT2D eigenvalue weighted by molar-refractivity contribution is 0.0976. The van der Waals surface area contributed by atoms with Gasteiger partial charge < -0.3 is 14.7 Å². The van der Waals surface area contributed by atoms with Crippen LogP contribution in [0.5, 0.6) is 5.06 Å². The molecule has 0 saturated heterocycles. The summed E-state index contributed by atoms with van der Waals surface area (Å²) < 4.78 is 5.01. The number of benzene rings is 2. The predicted octanol–water partition coefficient (Wildman–Crippen LogP) is 7.04. The molecule has 2 aromatic carbocycles. The van der Waals surface area contributed by atoms with Crippen LogP contribution in [0.4, 0.5) is 10.5 Å². The minimum absolute atomic E-state index is 0.0512. The van der Waals surface area contributed by atoms with Crippen molar-refractivity contribution >= 4 is 58.1 Å². The van der Waals surface area contributed by atoms with Crippen molar-refractivity contribution in [1.82, 2.24) is 0 Å². The Kier molecular flexibility index (Phi) is 7.23. The van der Waals surface area contributed by atoms with E-state index >= 15 is 0 Å². The molecule has 3 rings (SSSR count). The molecule has 32 heavy (non-hydrogen) atoms. The van der Waals surface area contributed by atoms with Crippen LogP contribution in [0.1, 0.15) is 41.5 Å². The number of halogens is 2. The number of nitrogens with zero attached hydrogens (tertiary/aromatic N) is 1. The molecule has 1 heterocycles. The minimum Gasteiger partial charge on any atom is -0.449 e. The first-order chi connectivity index (χ1) is 15.1. The molecule has 9 heteroatoms. The summed E-state index contributed by atoms with van der Waals surface area (Å²) in [6.45, 7) is 5.07. The van der Waals surface area contributed by atoms with Crippen LogP contribution in [-0.4, -0.2) is 29.0 Å². The minimum atomic E-state index is -1.49. The number of carbonyl (C=O) groups excluding carboxylic acids is 2. The average molecular weight is 492 g/mol. The molecule has 6 nitrogen and oxygen atoms in total. The molecule has 0 radical (unpaired) electrons. The zero-order valence-corrected chi connectivity index (χ0v) is 19.7. The highest BCUT2D eigenvalue weighted by molar-refractivity contribution is 7.18. The van der Waals surface area contributed by atoms with E-state index in [1.165, 1.54) is 24.0 Å². The molecular weight excluding hydrogens is 473 g/mol. The van der Waals surface area contributed by atoms with Gasteiger partial charge in [-0.1, -0.05) is 58.8 Å². The maximum Gasteiger partial charge on any atom is 0.512 e. The summed E-state index contributed by atoms with van der Waals surface area (Å²) >= 11 is 13.3. The van der Waals surface area contributed by atoms with Crippen molar-refractivity contribution in [1.29, 1.82) is 0 Å². The normalized spacial score (nSPS) is 10.8. The van der Waals surface area contributed by atoms with Crippen LogP contribution in [-0.2, 0) is 0 Å². The number of thiophene rings is 1. The molecule has 0 atom stereocenters. The van der Waals surface area contributed by atoms with E-state index in [4.69, 9.17) is 27.9 Å². The quantitative estimate of drug-likeness (QED) is 0.295. The van der Waals surface area contributed by atoms with E-state index in [0.717, 1.165) is 16.9 Å². The summed E-state index contributed by atoms with van der Waals surface area (Å²) in [5.74, 6) is -0.483. The first-order valence-electron chi connectivity index (χ1n) is 9.53. The van der Waals surface area contributed by atoms with Gasteiger partial charge in [0.25, 0.3) is 5.91 Å². The van der Waals surface area contributed by atoms with Crippen molar-refractivity contribution in [3.8, 4) is 15.5 Å². The second kappa shape index (κ2) is 9.73. The van der Waals surface area contributed by atoms with Gasteiger partial charge in [-0.2, -0.15) is 0 Å². The van der Waals surface area contributed by atoms with Gasteiger partial charge in [0.05, 0.1) is 16.3 Å². The van der Waals surface area contributed by atoms with E-state index in [9.17, 15) is 19.5 Å². The molecule has 0 aliphatic carbocycles. The van der Waals surface area contributed by atoms with Crippen LogP contribution < -0.4 is 9.64 Å². The molecule has 0 saturated carbocycles. The number of hydrogen-bond donors (Lipinski definition) is 1. The van der Waals surface area contributed by atoms with Crippen molar-refractivity contribution in [2.24, 2.45) is 0 Å². The Hall–Kier alpha value is -2.87. The van der Waals surface area contributed by atoms with E-state index in [-0.39, 0.29) is 27.5 Å². The summed E-state index contributed by atoms with van der Waals surface area (Å²) in [6, 6.07) is 12.8. The summed E-state index contributed by atoms with van der Waals surface area (Å²) in [5, 5.41) is 9.86. The third-order valence-electron chi connectivity index (χ3n) is 4.59. The van der Waals surface area contributed by atoms with Crippen LogP contribution in [0.3, 0.4) is 0 Å². The first kappa shape index (κ1) is 23.8. The van der Waals surface area contributed by atoms with Gasteiger partial charge in [-0.3, -0.25) is 9.59 Å². The van der Waals surface area contributed by atoms with Crippen molar-refractivity contribution in [2.45, 2.75) is 26.8 Å². The topological polar surface area (TPSA) is 83.9 Å². The number of ether oxygens (including phenoxy) is 1. The maximum absolute atomic E-state index is 13.4. The standard InChI is InChI=1S/C23H19Cl2NO5S/c1-12(2)26(21(28)17-9-8-16(24)10-18(17)25)19-11-20(32-22(19)31-23(29)30)15-6-4-14(5-7-15)13(3)27/h4-12H,1-3H3,(H,29,30). The molecule has 166 valence electrons. The number of Topliss-reactive ketones (excluding diaryl/α,β-unsaturated/α-hetero) is 1. The fraction of sp³-hybridized carbons (Fsp3) is 0.174. The fourth-order valence-electron chi connectivity index (χ4n) is 3.11. The van der Waals surface area contributed by atoms with Gasteiger partial charge >= 0.3 is 6.16 Å². The van der Waals surface area contributed by atoms with Gasteiger partial charge in [0, 0.05) is 21.5 Å². The Balaban J connectivity index is 2.10. The highest BCUT2D eigenvalue weighted by Gasteiger charge is 2.28. The Morgan fingerprint density at radius 1 is 1.03 bits per heavy atom. The molecule has 0 fully saturated rings. The molecular formula is C23H19Cl2NO5S. The zero-order chi connectivity index (χ0) is 23.6. The van der Waals surface area contributed by atoms with Gasteiger partial charge in [0.15, 0.2) is 5.78 Å². The summed E-state index contributed by atoms with van der Waals surface area (Å²) in [7, 11) is 0. The van der Waals surface area contributed by atoms with Gasteiger partial charge in [-0.05, 0) is 50.6 Å². The Labute approximate surface area is 198 Å². The number of hydrogen-bond acceptors (Lipinski definition) is 5. The highest BCUT2D eigenvalue weighted by Crippen LogP contribution is 2.44. The van der Waals surface area contributed by atoms with E-state index in [1.54, 1.807) is 50.2 Å². The van der Waals surface area contributed by atoms with Gasteiger partial charge in [-0.15, -0.1) is 0 Å². The monoisotopic (exact) mass is 491 g/mol. The number of amides is 1. The van der Waals surface area contributed by atoms with Crippen molar-refractivity contribution in [2.75, 3.05) is 4.90 Å². The molecule has 1 aromatic heterocycles. The van der Waals surface area contributed by atoms with Crippen molar-refractivity contribution in [3.63, 3.8) is 0 Å². The summed E-state index contributed by atoms with van der Waals surface area (Å²) in [5.41, 5.74) is 1.84. The van der Waals surface area contributed by atoms with E-state index in [0.29, 0.717) is 21.2 Å². The number of carbonyl (C=O) groups is 3. The number of anilines is 1. The Bertz CT molecular complexity index is 1190. The van der Waals surface area contributed by atoms with E-state index in [1.807, 2.05) is 0 Å². The summed E-state index contributed by atoms with van der Waals surface area (Å²) in [6.07, 6.45) is -1.49. The third kappa shape index (κ3) is 5.12. The largest absolute Gasteiger partial charge is 0.512 e. The van der Waals surface area contributed by atoms with Gasteiger partial charge in [0.2, 0.25) is 5.06 Å². The smallest absolute Gasteiger partial charge is 0.449 e. The fourth-order valence-corrected chi connectivity index (χ4v) is 4.60. The molecule has 0 aliphatic rings. The highest BCUT2D eigenvalue weighted by atomic mass is 35.5. The Morgan fingerprint density at radius 3 is 2.22 bits per heavy atom. The molecule has 1 amide bonds. The molecule has 0 aliphatic heterocycles. The maximum atomic E-state index is 13.4. The van der Waals surface area contributed by atoms with Crippen LogP contribution >= 0.6 is 34.5 Å². The van der Waals surface area contributed by atoms with Crippen LogP contribution in [0.2, 0.25) is 10.0 Å². The van der Waals surface area contributed by atoms with E-state index < -0.39 is 12.1 Å². The van der Waals surface area contributed by atoms with E-state index in [2.05, 4.69) is 0 Å². The SMILES string of the molecule is CC(=O)c1ccc(-c2cc(N(C(=O)c3ccc(Cl)cc3Cl)C(C)C)c(OC(=O)O)s2)cc1. The van der Waals surface area contributed by atoms with Crippen LogP contribution in [0.15, 0.2) is 48.5 Å². The molecule has 0 unspecified atom stereocenters. The first-order valence-corrected chi connectivity index (χ1v) is 11.1. The summed E-state index contributed by atoms with van der Waals surface area (Å²) in [4.78, 5) is 38.4. The lowest BCUT2D eigenvalue weighted by atomic mass is 10.1. The molecule has 1 N–H and O–H groups in total. The second-order valence-corrected chi connectivity index (χ2v) is 9.04.